The van der Waals surface area contributed by atoms with Gasteiger partial charge in [0.05, 0.1) is 29.1 Å². The maximum absolute atomic E-state index is 13.8. The maximum Gasteiger partial charge on any atom is 0.417 e. The summed E-state index contributed by atoms with van der Waals surface area (Å²) < 4.78 is 43.3. The summed E-state index contributed by atoms with van der Waals surface area (Å²) in [5.41, 5.74) is 2.84. The number of carbonyl (C=O) groups excluding carboxylic acids is 1. The number of nitrogens with one attached hydrogen (secondary N) is 1. The Morgan fingerprint density at radius 1 is 1.03 bits per heavy atom. The Morgan fingerprint density at radius 2 is 1.81 bits per heavy atom. The number of alkyl halides is 3. The molecule has 37 heavy (non-hydrogen) atoms. The van der Waals surface area contributed by atoms with Crippen molar-refractivity contribution in [2.45, 2.75) is 19.7 Å². The predicted molar refractivity (Wildman–Crippen MR) is 134 cm³/mol. The van der Waals surface area contributed by atoms with Crippen molar-refractivity contribution in [3.8, 4) is 22.4 Å². The molecule has 2 N–H and O–H groups in total. The van der Waals surface area contributed by atoms with Gasteiger partial charge in [0, 0.05) is 35.4 Å². The normalized spacial score (nSPS) is 11.6. The van der Waals surface area contributed by atoms with Crippen LogP contribution in [0.2, 0.25) is 0 Å². The van der Waals surface area contributed by atoms with Crippen molar-refractivity contribution in [3.63, 3.8) is 0 Å². The molecule has 6 nitrogen and oxygen atoms in total. The first kappa shape index (κ1) is 24.2. The summed E-state index contributed by atoms with van der Waals surface area (Å²) in [6.45, 7) is 1.53. The number of benzene rings is 2. The van der Waals surface area contributed by atoms with Gasteiger partial charge in [0.2, 0.25) is 0 Å². The standard InChI is InChI=1S/C28H21F3N4O2/c1-17-6-9-20(10-7-17)33-27(37)22-14-18(8-11-23(22)28(29,30)31)21-5-3-13-35-25(19-4-2-12-32-15-19)24(16-36)34-26(21)35/h2-15,36H,16H2,1H3,(H,33,37). The van der Waals surface area contributed by atoms with Gasteiger partial charge in [0.15, 0.2) is 0 Å². The smallest absolute Gasteiger partial charge is 0.390 e. The molecule has 5 aromatic rings. The van der Waals surface area contributed by atoms with Crippen LogP contribution in [0.1, 0.15) is 27.2 Å². The van der Waals surface area contributed by atoms with E-state index in [1.807, 2.05) is 13.0 Å². The van der Waals surface area contributed by atoms with Gasteiger partial charge in [-0.05, 0) is 61.0 Å². The zero-order valence-corrected chi connectivity index (χ0v) is 19.6. The summed E-state index contributed by atoms with van der Waals surface area (Å²) in [6, 6.07) is 17.2. The van der Waals surface area contributed by atoms with Crippen molar-refractivity contribution < 1.29 is 23.1 Å². The number of nitrogens with zero attached hydrogens (tertiary/aromatic N) is 3. The summed E-state index contributed by atoms with van der Waals surface area (Å²) in [5, 5.41) is 12.5. The maximum atomic E-state index is 13.8. The average Bonchev–Trinajstić information content (AvgIpc) is 3.28. The van der Waals surface area contributed by atoms with Gasteiger partial charge in [-0.1, -0.05) is 23.8 Å². The molecule has 0 atom stereocenters. The van der Waals surface area contributed by atoms with Crippen LogP contribution in [0.3, 0.4) is 0 Å². The van der Waals surface area contributed by atoms with Crippen molar-refractivity contribution >= 4 is 17.2 Å². The Bertz CT molecular complexity index is 1590. The van der Waals surface area contributed by atoms with Crippen LogP contribution in [0.4, 0.5) is 18.9 Å². The quantitative estimate of drug-likeness (QED) is 0.303. The summed E-state index contributed by atoms with van der Waals surface area (Å²) in [7, 11) is 0. The highest BCUT2D eigenvalue weighted by atomic mass is 19.4. The number of imidazole rings is 1. The zero-order chi connectivity index (χ0) is 26.2. The van der Waals surface area contributed by atoms with Crippen molar-refractivity contribution in [3.05, 3.63) is 108 Å². The molecule has 0 fully saturated rings. The molecular weight excluding hydrogens is 481 g/mol. The van der Waals surface area contributed by atoms with Gasteiger partial charge in [0.1, 0.15) is 5.65 Å². The molecule has 0 spiro atoms. The van der Waals surface area contributed by atoms with Gasteiger partial charge >= 0.3 is 6.18 Å². The number of amides is 1. The first-order valence-electron chi connectivity index (χ1n) is 11.4. The van der Waals surface area contributed by atoms with Crippen LogP contribution in [-0.2, 0) is 12.8 Å². The number of pyridine rings is 2. The minimum Gasteiger partial charge on any atom is -0.390 e. The minimum absolute atomic E-state index is 0.345. The highest BCUT2D eigenvalue weighted by Crippen LogP contribution is 2.36. The first-order chi connectivity index (χ1) is 17.8. The van der Waals surface area contributed by atoms with E-state index in [0.29, 0.717) is 33.8 Å². The number of halogens is 3. The molecule has 0 aliphatic rings. The van der Waals surface area contributed by atoms with E-state index in [0.717, 1.165) is 17.2 Å². The van der Waals surface area contributed by atoms with E-state index in [4.69, 9.17) is 0 Å². The van der Waals surface area contributed by atoms with Gasteiger partial charge in [0.25, 0.3) is 5.91 Å². The van der Waals surface area contributed by atoms with Crippen LogP contribution in [0.25, 0.3) is 28.0 Å². The number of aryl methyl sites for hydroxylation is 1. The minimum atomic E-state index is -4.73. The number of fused-ring (bicyclic) bond motifs is 1. The number of hydrogen-bond donors (Lipinski definition) is 2. The van der Waals surface area contributed by atoms with E-state index in [1.54, 1.807) is 65.5 Å². The Labute approximate surface area is 210 Å². The SMILES string of the molecule is Cc1ccc(NC(=O)c2cc(-c3cccn4c(-c5cccnc5)c(CO)nc34)ccc2C(F)(F)F)cc1. The Morgan fingerprint density at radius 3 is 2.49 bits per heavy atom. The van der Waals surface area contributed by atoms with Crippen molar-refractivity contribution in [2.75, 3.05) is 5.32 Å². The third-order valence-corrected chi connectivity index (χ3v) is 6.00. The second-order valence-electron chi connectivity index (χ2n) is 8.50. The largest absolute Gasteiger partial charge is 0.417 e. The molecule has 186 valence electrons. The summed E-state index contributed by atoms with van der Waals surface area (Å²) in [6.07, 6.45) is 0.293. The van der Waals surface area contributed by atoms with Crippen LogP contribution in [0, 0.1) is 6.92 Å². The lowest BCUT2D eigenvalue weighted by Gasteiger charge is -2.15. The lowest BCUT2D eigenvalue weighted by atomic mass is 9.98. The van der Waals surface area contributed by atoms with Crippen molar-refractivity contribution in [2.24, 2.45) is 0 Å². The van der Waals surface area contributed by atoms with Gasteiger partial charge in [-0.2, -0.15) is 13.2 Å². The third-order valence-electron chi connectivity index (χ3n) is 6.00. The molecule has 0 aliphatic carbocycles. The first-order valence-corrected chi connectivity index (χ1v) is 11.4. The van der Waals surface area contributed by atoms with Crippen LogP contribution in [0.15, 0.2) is 85.3 Å². The second kappa shape index (κ2) is 9.51. The highest BCUT2D eigenvalue weighted by molar-refractivity contribution is 6.06. The number of carbonyl (C=O) groups is 1. The third kappa shape index (κ3) is 4.68. The summed E-state index contributed by atoms with van der Waals surface area (Å²) in [5.74, 6) is -0.875. The summed E-state index contributed by atoms with van der Waals surface area (Å²) in [4.78, 5) is 21.7. The molecule has 9 heteroatoms. The Hall–Kier alpha value is -4.50. The van der Waals surface area contributed by atoms with Crippen LogP contribution < -0.4 is 5.32 Å². The average molecular weight is 502 g/mol. The summed E-state index contributed by atoms with van der Waals surface area (Å²) >= 11 is 0. The molecule has 3 heterocycles. The molecule has 0 saturated carbocycles. The van der Waals surface area contributed by atoms with E-state index >= 15 is 0 Å². The molecule has 0 saturated heterocycles. The van der Waals surface area contributed by atoms with Gasteiger partial charge < -0.3 is 10.4 Å². The fourth-order valence-corrected chi connectivity index (χ4v) is 4.24. The number of aliphatic hydroxyl groups is 1. The van der Waals surface area contributed by atoms with Gasteiger partial charge in [-0.3, -0.25) is 14.2 Å². The number of hydrogen-bond acceptors (Lipinski definition) is 4. The monoisotopic (exact) mass is 502 g/mol. The van der Waals surface area contributed by atoms with E-state index in [1.165, 1.54) is 12.1 Å². The van der Waals surface area contributed by atoms with E-state index in [2.05, 4.69) is 15.3 Å². The van der Waals surface area contributed by atoms with Crippen LogP contribution in [-0.4, -0.2) is 25.4 Å². The Balaban J connectivity index is 1.64. The lowest BCUT2D eigenvalue weighted by molar-refractivity contribution is -0.137. The molecule has 5 rings (SSSR count). The Kier molecular flexibility index (Phi) is 6.22. The van der Waals surface area contributed by atoms with Crippen LogP contribution >= 0.6 is 0 Å². The fourth-order valence-electron chi connectivity index (χ4n) is 4.24. The van der Waals surface area contributed by atoms with E-state index < -0.39 is 23.2 Å². The topological polar surface area (TPSA) is 79.5 Å². The molecule has 2 aromatic carbocycles. The van der Waals surface area contributed by atoms with E-state index in [9.17, 15) is 23.1 Å². The highest BCUT2D eigenvalue weighted by Gasteiger charge is 2.35. The number of rotatable bonds is 5. The molecule has 0 bridgehead atoms. The van der Waals surface area contributed by atoms with Crippen molar-refractivity contribution in [1.29, 1.82) is 0 Å². The second-order valence-corrected chi connectivity index (χ2v) is 8.50. The molecule has 3 aromatic heterocycles. The van der Waals surface area contributed by atoms with Gasteiger partial charge in [-0.15, -0.1) is 0 Å². The molecular formula is C28H21F3N4O2. The zero-order valence-electron chi connectivity index (χ0n) is 19.6. The number of aromatic nitrogens is 3. The predicted octanol–water partition coefficient (Wildman–Crippen LogP) is 6.14. The van der Waals surface area contributed by atoms with E-state index in [-0.39, 0.29) is 6.61 Å². The number of anilines is 1. The molecule has 1 amide bonds. The lowest BCUT2D eigenvalue weighted by Crippen LogP contribution is -2.19. The van der Waals surface area contributed by atoms with Crippen LogP contribution in [0.5, 0.6) is 0 Å². The van der Waals surface area contributed by atoms with Gasteiger partial charge in [-0.25, -0.2) is 4.98 Å². The fraction of sp³-hybridized carbons (Fsp3) is 0.107. The van der Waals surface area contributed by atoms with Crippen molar-refractivity contribution in [1.82, 2.24) is 14.4 Å². The number of aliphatic hydroxyl groups excluding tert-OH is 1. The molecule has 0 radical (unpaired) electrons. The molecule has 0 aliphatic heterocycles. The molecule has 0 unspecified atom stereocenters.